The average molecular weight is 403 g/mol. The highest BCUT2D eigenvalue weighted by Crippen LogP contribution is 2.35. The highest BCUT2D eigenvalue weighted by atomic mass is 19.4. The summed E-state index contributed by atoms with van der Waals surface area (Å²) in [6.07, 6.45) is 2.98. The maximum absolute atomic E-state index is 12.5. The van der Waals surface area contributed by atoms with E-state index in [0.29, 0.717) is 19.3 Å². The average Bonchev–Trinajstić information content (AvgIpc) is 2.66. The summed E-state index contributed by atoms with van der Waals surface area (Å²) in [4.78, 5) is 0. The maximum Gasteiger partial charge on any atom is 0.573 e. The molecule has 2 aromatic rings. The molecule has 1 aliphatic carbocycles. The molecule has 2 aromatic carbocycles. The van der Waals surface area contributed by atoms with Crippen LogP contribution in [-0.4, -0.2) is 12.0 Å². The predicted molar refractivity (Wildman–Crippen MR) is 107 cm³/mol. The molecule has 0 spiro atoms. The van der Waals surface area contributed by atoms with E-state index in [4.69, 9.17) is 10.5 Å². The smallest absolute Gasteiger partial charge is 0.483 e. The molecule has 6 heteroatoms. The zero-order valence-electron chi connectivity index (χ0n) is 16.2. The van der Waals surface area contributed by atoms with Crippen LogP contribution in [0.25, 0.3) is 0 Å². The quantitative estimate of drug-likeness (QED) is 0.608. The van der Waals surface area contributed by atoms with Crippen LogP contribution in [0.1, 0.15) is 37.7 Å². The van der Waals surface area contributed by atoms with Crippen LogP contribution in [0.15, 0.2) is 78.5 Å². The molecule has 0 heterocycles. The molecule has 0 aromatic heterocycles. The van der Waals surface area contributed by atoms with E-state index >= 15 is 0 Å². The highest BCUT2D eigenvalue weighted by Gasteiger charge is 2.33. The van der Waals surface area contributed by atoms with Crippen LogP contribution in [-0.2, 0) is 0 Å². The third kappa shape index (κ3) is 6.04. The van der Waals surface area contributed by atoms with Crippen LogP contribution < -0.4 is 15.2 Å². The summed E-state index contributed by atoms with van der Waals surface area (Å²) < 4.78 is 47.8. The second-order valence-corrected chi connectivity index (χ2v) is 7.32. The van der Waals surface area contributed by atoms with Crippen molar-refractivity contribution in [3.05, 3.63) is 84.1 Å². The van der Waals surface area contributed by atoms with Gasteiger partial charge in [0.15, 0.2) is 0 Å². The molecule has 2 unspecified atom stereocenters. The van der Waals surface area contributed by atoms with Crippen molar-refractivity contribution in [2.24, 2.45) is 5.73 Å². The van der Waals surface area contributed by atoms with Gasteiger partial charge in [0.25, 0.3) is 0 Å². The maximum atomic E-state index is 12.5. The molecule has 2 atom stereocenters. The number of allylic oxidation sites excluding steroid dienone is 2. The molecule has 3 nitrogen and oxygen atoms in total. The van der Waals surface area contributed by atoms with Gasteiger partial charge in [0.1, 0.15) is 17.1 Å². The van der Waals surface area contributed by atoms with E-state index in [1.807, 2.05) is 61.5 Å². The molecule has 0 amide bonds. The molecule has 0 saturated heterocycles. The lowest BCUT2D eigenvalue weighted by atomic mass is 9.84. The van der Waals surface area contributed by atoms with Crippen molar-refractivity contribution in [2.75, 3.05) is 0 Å². The van der Waals surface area contributed by atoms with Crippen LogP contribution in [0.5, 0.6) is 11.5 Å². The number of alkyl halides is 3. The van der Waals surface area contributed by atoms with E-state index in [1.54, 1.807) is 6.07 Å². The topological polar surface area (TPSA) is 44.5 Å². The largest absolute Gasteiger partial charge is 0.573 e. The van der Waals surface area contributed by atoms with Crippen molar-refractivity contribution in [1.82, 2.24) is 0 Å². The third-order valence-corrected chi connectivity index (χ3v) is 4.94. The summed E-state index contributed by atoms with van der Waals surface area (Å²) in [5, 5.41) is 0. The number of para-hydroxylation sites is 1. The summed E-state index contributed by atoms with van der Waals surface area (Å²) in [6, 6.07) is 15.6. The second kappa shape index (κ2) is 8.64. The SMILES string of the molecule is CC(CCC1(Oc2ccccc2)C=CC=C(N)C1)c1cccc(OC(F)(F)F)c1. The minimum absolute atomic E-state index is 0.0172. The minimum atomic E-state index is -4.70. The van der Waals surface area contributed by atoms with Gasteiger partial charge in [0, 0.05) is 12.1 Å². The number of hydrogen-bond acceptors (Lipinski definition) is 3. The summed E-state index contributed by atoms with van der Waals surface area (Å²) in [7, 11) is 0. The van der Waals surface area contributed by atoms with Crippen molar-refractivity contribution < 1.29 is 22.6 Å². The van der Waals surface area contributed by atoms with Crippen LogP contribution in [0, 0.1) is 0 Å². The fourth-order valence-electron chi connectivity index (χ4n) is 3.47. The van der Waals surface area contributed by atoms with E-state index in [0.717, 1.165) is 17.0 Å². The summed E-state index contributed by atoms with van der Waals surface area (Å²) >= 11 is 0. The van der Waals surface area contributed by atoms with Gasteiger partial charge in [-0.15, -0.1) is 13.2 Å². The molecular formula is C23H24F3NO2. The van der Waals surface area contributed by atoms with Crippen molar-refractivity contribution in [3.63, 3.8) is 0 Å². The van der Waals surface area contributed by atoms with E-state index in [-0.39, 0.29) is 11.7 Å². The number of hydrogen-bond donors (Lipinski definition) is 1. The Morgan fingerprint density at radius 3 is 2.48 bits per heavy atom. The van der Waals surface area contributed by atoms with Crippen molar-refractivity contribution in [1.29, 1.82) is 0 Å². The molecule has 0 aliphatic heterocycles. The lowest BCUT2D eigenvalue weighted by molar-refractivity contribution is -0.274. The molecule has 1 aliphatic rings. The number of benzene rings is 2. The Hall–Kier alpha value is -2.89. The molecule has 0 fully saturated rings. The van der Waals surface area contributed by atoms with Gasteiger partial charge in [0.2, 0.25) is 0 Å². The molecule has 0 saturated carbocycles. The summed E-state index contributed by atoms with van der Waals surface area (Å²) in [6.45, 7) is 1.98. The fourth-order valence-corrected chi connectivity index (χ4v) is 3.47. The Balaban J connectivity index is 1.72. The zero-order valence-corrected chi connectivity index (χ0v) is 16.2. The van der Waals surface area contributed by atoms with Crippen LogP contribution in [0.2, 0.25) is 0 Å². The van der Waals surface area contributed by atoms with Crippen LogP contribution in [0.3, 0.4) is 0 Å². The van der Waals surface area contributed by atoms with Gasteiger partial charge in [-0.1, -0.05) is 43.3 Å². The summed E-state index contributed by atoms with van der Waals surface area (Å²) in [5.41, 5.74) is 6.99. The molecule has 154 valence electrons. The lowest BCUT2D eigenvalue weighted by Gasteiger charge is -2.34. The van der Waals surface area contributed by atoms with Gasteiger partial charge in [-0.2, -0.15) is 0 Å². The minimum Gasteiger partial charge on any atom is -0.483 e. The Labute approximate surface area is 168 Å². The number of ether oxygens (including phenoxy) is 2. The number of rotatable bonds is 7. The first-order valence-electron chi connectivity index (χ1n) is 9.48. The molecule has 2 N–H and O–H groups in total. The Kier molecular flexibility index (Phi) is 6.20. The Morgan fingerprint density at radius 1 is 1.07 bits per heavy atom. The highest BCUT2D eigenvalue weighted by molar-refractivity contribution is 5.32. The molecule has 3 rings (SSSR count). The van der Waals surface area contributed by atoms with Crippen LogP contribution in [0.4, 0.5) is 13.2 Å². The van der Waals surface area contributed by atoms with Gasteiger partial charge < -0.3 is 15.2 Å². The van der Waals surface area contributed by atoms with E-state index in [9.17, 15) is 13.2 Å². The normalized spacial score (nSPS) is 20.1. The number of halogens is 3. The molecule has 29 heavy (non-hydrogen) atoms. The van der Waals surface area contributed by atoms with E-state index in [2.05, 4.69) is 4.74 Å². The first kappa shape index (κ1) is 20.8. The van der Waals surface area contributed by atoms with Crippen LogP contribution >= 0.6 is 0 Å². The van der Waals surface area contributed by atoms with Gasteiger partial charge in [0.05, 0.1) is 0 Å². The van der Waals surface area contributed by atoms with Gasteiger partial charge in [-0.25, -0.2) is 0 Å². The fraction of sp³-hybridized carbons (Fsp3) is 0.304. The van der Waals surface area contributed by atoms with Crippen molar-refractivity contribution in [2.45, 2.75) is 44.1 Å². The van der Waals surface area contributed by atoms with Gasteiger partial charge in [-0.3, -0.25) is 0 Å². The first-order chi connectivity index (χ1) is 13.7. The Morgan fingerprint density at radius 2 is 1.79 bits per heavy atom. The third-order valence-electron chi connectivity index (χ3n) is 4.94. The molecular weight excluding hydrogens is 379 g/mol. The predicted octanol–water partition coefficient (Wildman–Crippen LogP) is 6.09. The summed E-state index contributed by atoms with van der Waals surface area (Å²) in [5.74, 6) is 0.561. The zero-order chi connectivity index (χ0) is 20.9. The van der Waals surface area contributed by atoms with E-state index < -0.39 is 12.0 Å². The van der Waals surface area contributed by atoms with Crippen molar-refractivity contribution >= 4 is 0 Å². The monoisotopic (exact) mass is 403 g/mol. The first-order valence-corrected chi connectivity index (χ1v) is 9.48. The van der Waals surface area contributed by atoms with Gasteiger partial charge in [-0.05, 0) is 60.7 Å². The standard InChI is InChI=1S/C23H24F3NO2/c1-17(18-7-5-11-21(15-18)29-23(24,25)26)12-14-22(13-6-8-19(27)16-22)28-20-9-3-2-4-10-20/h2-11,13,15,17H,12,14,16,27H2,1H3. The van der Waals surface area contributed by atoms with E-state index in [1.165, 1.54) is 12.1 Å². The molecule has 0 bridgehead atoms. The van der Waals surface area contributed by atoms with Crippen molar-refractivity contribution in [3.8, 4) is 11.5 Å². The second-order valence-electron chi connectivity index (χ2n) is 7.32. The molecule has 0 radical (unpaired) electrons. The number of nitrogens with two attached hydrogens (primary N) is 1. The Bertz CT molecular complexity index is 877. The lowest BCUT2D eigenvalue weighted by Crippen LogP contribution is -2.37. The van der Waals surface area contributed by atoms with Gasteiger partial charge >= 0.3 is 6.36 Å².